The number of benzene rings is 2. The van der Waals surface area contributed by atoms with Gasteiger partial charge in [-0.05, 0) is 48.4 Å². The average Bonchev–Trinajstić information content (AvgIpc) is 2.71. The number of carbonyl (C=O) groups is 1. The van der Waals surface area contributed by atoms with E-state index in [1.54, 1.807) is 12.1 Å². The van der Waals surface area contributed by atoms with Gasteiger partial charge in [0.1, 0.15) is 11.6 Å². The Hall–Kier alpha value is -2.60. The summed E-state index contributed by atoms with van der Waals surface area (Å²) in [5.41, 5.74) is 1.94. The summed E-state index contributed by atoms with van der Waals surface area (Å²) in [7, 11) is 2.08. The lowest BCUT2D eigenvalue weighted by Crippen LogP contribution is -2.51. The van der Waals surface area contributed by atoms with E-state index in [9.17, 15) is 9.18 Å². The zero-order valence-corrected chi connectivity index (χ0v) is 18.1. The maximum Gasteiger partial charge on any atom is 0.317 e. The highest BCUT2D eigenvalue weighted by molar-refractivity contribution is 5.74. The van der Waals surface area contributed by atoms with Gasteiger partial charge < -0.3 is 19.9 Å². The van der Waals surface area contributed by atoms with Gasteiger partial charge >= 0.3 is 6.03 Å². The topological polar surface area (TPSA) is 44.8 Å². The number of hydrogen-bond acceptors (Lipinski definition) is 3. The van der Waals surface area contributed by atoms with Crippen LogP contribution in [0.4, 0.5) is 9.18 Å². The van der Waals surface area contributed by atoms with E-state index in [4.69, 9.17) is 4.74 Å². The van der Waals surface area contributed by atoms with E-state index in [1.165, 1.54) is 12.1 Å². The summed E-state index contributed by atoms with van der Waals surface area (Å²) in [5, 5.41) is 3.02. The third-order valence-electron chi connectivity index (χ3n) is 5.14. The van der Waals surface area contributed by atoms with Crippen molar-refractivity contribution in [2.24, 2.45) is 11.8 Å². The summed E-state index contributed by atoms with van der Waals surface area (Å²) in [6, 6.07) is 14.1. The first-order valence-corrected chi connectivity index (χ1v) is 10.6. The Kier molecular flexibility index (Phi) is 7.69. The van der Waals surface area contributed by atoms with Crippen LogP contribution < -0.4 is 10.1 Å². The first kappa shape index (κ1) is 22.1. The number of hydrogen-bond donors (Lipinski definition) is 1. The predicted molar refractivity (Wildman–Crippen MR) is 117 cm³/mol. The summed E-state index contributed by atoms with van der Waals surface area (Å²) in [6.45, 7) is 8.50. The number of carbonyl (C=O) groups excluding carboxylic acids is 1. The first-order valence-electron chi connectivity index (χ1n) is 10.6. The molecule has 1 aliphatic heterocycles. The second-order valence-corrected chi connectivity index (χ2v) is 8.60. The fourth-order valence-electron chi connectivity index (χ4n) is 3.54. The van der Waals surface area contributed by atoms with Crippen LogP contribution in [0.2, 0.25) is 0 Å². The Bertz CT molecular complexity index is 802. The van der Waals surface area contributed by atoms with Crippen molar-refractivity contribution in [3.8, 4) is 5.75 Å². The number of amides is 2. The zero-order valence-electron chi connectivity index (χ0n) is 18.1. The van der Waals surface area contributed by atoms with Crippen LogP contribution in [0, 0.1) is 17.7 Å². The fraction of sp³-hybridized carbons (Fsp3) is 0.458. The van der Waals surface area contributed by atoms with Crippen LogP contribution in [-0.4, -0.2) is 49.1 Å². The van der Waals surface area contributed by atoms with Gasteiger partial charge in [0.25, 0.3) is 0 Å². The molecule has 3 rings (SSSR count). The number of likely N-dealkylation sites (tertiary alicyclic amines) is 1. The number of urea groups is 1. The van der Waals surface area contributed by atoms with Gasteiger partial charge in [0.2, 0.25) is 0 Å². The molecule has 1 fully saturated rings. The van der Waals surface area contributed by atoms with Gasteiger partial charge in [-0.3, -0.25) is 0 Å². The van der Waals surface area contributed by atoms with E-state index in [-0.39, 0.29) is 11.8 Å². The standard InChI is InChI=1S/C24H32FN3O2/c1-18(2)17-30-23-10-6-19(7-11-23)12-26-24(29)28(16-21-13-27(3)14-21)15-20-4-8-22(25)9-5-20/h4-11,18,21H,12-17H2,1-3H3,(H,26,29). The normalized spacial score (nSPS) is 14.4. The van der Waals surface area contributed by atoms with Crippen molar-refractivity contribution in [3.05, 3.63) is 65.5 Å². The van der Waals surface area contributed by atoms with Crippen LogP contribution in [0.1, 0.15) is 25.0 Å². The lowest BCUT2D eigenvalue weighted by Gasteiger charge is -2.39. The minimum atomic E-state index is -0.267. The monoisotopic (exact) mass is 413 g/mol. The molecule has 162 valence electrons. The van der Waals surface area contributed by atoms with Crippen molar-refractivity contribution in [2.75, 3.05) is 33.3 Å². The molecule has 1 saturated heterocycles. The average molecular weight is 414 g/mol. The van der Waals surface area contributed by atoms with Crippen molar-refractivity contribution in [2.45, 2.75) is 26.9 Å². The molecule has 0 bridgehead atoms. The molecule has 0 radical (unpaired) electrons. The minimum Gasteiger partial charge on any atom is -0.493 e. The van der Waals surface area contributed by atoms with Gasteiger partial charge in [0.15, 0.2) is 0 Å². The molecule has 0 atom stereocenters. The molecule has 30 heavy (non-hydrogen) atoms. The molecule has 1 N–H and O–H groups in total. The second-order valence-electron chi connectivity index (χ2n) is 8.60. The SMILES string of the molecule is CC(C)COc1ccc(CNC(=O)N(Cc2ccc(F)cc2)CC2CN(C)C2)cc1. The highest BCUT2D eigenvalue weighted by Crippen LogP contribution is 2.17. The third-order valence-corrected chi connectivity index (χ3v) is 5.14. The maximum absolute atomic E-state index is 13.2. The molecule has 6 heteroatoms. The van der Waals surface area contributed by atoms with Crippen molar-refractivity contribution in [1.29, 1.82) is 0 Å². The molecule has 5 nitrogen and oxygen atoms in total. The van der Waals surface area contributed by atoms with Crippen LogP contribution in [0.25, 0.3) is 0 Å². The molecule has 0 saturated carbocycles. The molecular formula is C24H32FN3O2. The van der Waals surface area contributed by atoms with Crippen molar-refractivity contribution >= 4 is 6.03 Å². The van der Waals surface area contributed by atoms with Crippen LogP contribution in [0.15, 0.2) is 48.5 Å². The highest BCUT2D eigenvalue weighted by Gasteiger charge is 2.27. The van der Waals surface area contributed by atoms with Gasteiger partial charge in [0, 0.05) is 38.6 Å². The lowest BCUT2D eigenvalue weighted by atomic mass is 10.0. The molecule has 0 aliphatic carbocycles. The minimum absolute atomic E-state index is 0.103. The van der Waals surface area contributed by atoms with Crippen LogP contribution in [0.3, 0.4) is 0 Å². The summed E-state index contributed by atoms with van der Waals surface area (Å²) in [5.74, 6) is 1.52. The maximum atomic E-state index is 13.2. The Balaban J connectivity index is 1.56. The summed E-state index contributed by atoms with van der Waals surface area (Å²) < 4.78 is 18.9. The molecule has 0 spiro atoms. The summed E-state index contributed by atoms with van der Waals surface area (Å²) in [6.07, 6.45) is 0. The van der Waals surface area contributed by atoms with Gasteiger partial charge in [-0.1, -0.05) is 38.1 Å². The lowest BCUT2D eigenvalue weighted by molar-refractivity contribution is 0.0966. The number of ether oxygens (including phenoxy) is 1. The molecule has 0 aromatic heterocycles. The Morgan fingerprint density at radius 1 is 1.13 bits per heavy atom. The van der Waals surface area contributed by atoms with Gasteiger partial charge in [-0.25, -0.2) is 9.18 Å². The number of halogens is 1. The molecule has 2 aromatic rings. The summed E-state index contributed by atoms with van der Waals surface area (Å²) >= 11 is 0. The predicted octanol–water partition coefficient (Wildman–Crippen LogP) is 4.13. The number of nitrogens with zero attached hydrogens (tertiary/aromatic N) is 2. The van der Waals surface area contributed by atoms with Crippen molar-refractivity contribution < 1.29 is 13.9 Å². The Morgan fingerprint density at radius 2 is 1.77 bits per heavy atom. The zero-order chi connectivity index (χ0) is 21.5. The largest absolute Gasteiger partial charge is 0.493 e. The van der Waals surface area contributed by atoms with E-state index < -0.39 is 0 Å². The fourth-order valence-corrected chi connectivity index (χ4v) is 3.54. The number of nitrogens with one attached hydrogen (secondary N) is 1. The Labute approximate surface area is 178 Å². The van der Waals surface area contributed by atoms with Crippen LogP contribution in [-0.2, 0) is 13.1 Å². The van der Waals surface area contributed by atoms with Gasteiger partial charge in [0.05, 0.1) is 6.61 Å². The second kappa shape index (κ2) is 10.4. The third kappa shape index (κ3) is 6.73. The molecular weight excluding hydrogens is 381 g/mol. The van der Waals surface area contributed by atoms with E-state index in [0.29, 0.717) is 38.1 Å². The summed E-state index contributed by atoms with van der Waals surface area (Å²) in [4.78, 5) is 17.0. The quantitative estimate of drug-likeness (QED) is 0.672. The molecule has 1 heterocycles. The number of rotatable bonds is 9. The molecule has 0 unspecified atom stereocenters. The Morgan fingerprint density at radius 3 is 2.37 bits per heavy atom. The van der Waals surface area contributed by atoms with Crippen LogP contribution >= 0.6 is 0 Å². The van der Waals surface area contributed by atoms with E-state index in [0.717, 1.165) is 30.0 Å². The first-order chi connectivity index (χ1) is 14.4. The van der Waals surface area contributed by atoms with E-state index in [1.807, 2.05) is 29.2 Å². The molecule has 2 aromatic carbocycles. The highest BCUT2D eigenvalue weighted by atomic mass is 19.1. The van der Waals surface area contributed by atoms with Gasteiger partial charge in [-0.2, -0.15) is 0 Å². The van der Waals surface area contributed by atoms with E-state index in [2.05, 4.69) is 31.1 Å². The van der Waals surface area contributed by atoms with Crippen molar-refractivity contribution in [1.82, 2.24) is 15.1 Å². The molecule has 1 aliphatic rings. The smallest absolute Gasteiger partial charge is 0.317 e. The molecule has 2 amide bonds. The van der Waals surface area contributed by atoms with E-state index >= 15 is 0 Å². The van der Waals surface area contributed by atoms with Crippen molar-refractivity contribution in [3.63, 3.8) is 0 Å². The van der Waals surface area contributed by atoms with Crippen LogP contribution in [0.5, 0.6) is 5.75 Å². The van der Waals surface area contributed by atoms with Gasteiger partial charge in [-0.15, -0.1) is 0 Å².